The molecule has 0 saturated carbocycles. The van der Waals surface area contributed by atoms with Crippen molar-refractivity contribution in [3.8, 4) is 0 Å². The predicted octanol–water partition coefficient (Wildman–Crippen LogP) is 4.35. The van der Waals surface area contributed by atoms with Crippen molar-refractivity contribution in [2.45, 2.75) is 25.8 Å². The first-order valence-electron chi connectivity index (χ1n) is 5.95. The van der Waals surface area contributed by atoms with Gasteiger partial charge in [-0.15, -0.1) is 0 Å². The molecule has 0 N–H and O–H groups in total. The van der Waals surface area contributed by atoms with Gasteiger partial charge in [-0.1, -0.05) is 49.7 Å². The molecule has 1 aromatic heterocycles. The van der Waals surface area contributed by atoms with Crippen molar-refractivity contribution < 1.29 is 4.79 Å². The van der Waals surface area contributed by atoms with Gasteiger partial charge < -0.3 is 0 Å². The fraction of sp³-hybridized carbons (Fsp3) is 0.200. The van der Waals surface area contributed by atoms with Gasteiger partial charge in [0.25, 0.3) is 0 Å². The predicted molar refractivity (Wildman–Crippen MR) is 77.0 cm³/mol. The molecular formula is C15H17NOS. The summed E-state index contributed by atoms with van der Waals surface area (Å²) in [5.41, 5.74) is 1.86. The summed E-state index contributed by atoms with van der Waals surface area (Å²) in [7, 11) is 0. The van der Waals surface area contributed by atoms with E-state index in [4.69, 9.17) is 0 Å². The molecule has 0 bridgehead atoms. The maximum Gasteiger partial charge on any atom is 0.225 e. The van der Waals surface area contributed by atoms with E-state index >= 15 is 0 Å². The minimum atomic E-state index is 0.0266. The number of hydrogen-bond acceptors (Lipinski definition) is 3. The number of aryl methyl sites for hydroxylation is 1. The summed E-state index contributed by atoms with van der Waals surface area (Å²) in [4.78, 5) is 16.0. The molecule has 0 aliphatic carbocycles. The highest BCUT2D eigenvalue weighted by molar-refractivity contribution is 8.14. The Hall–Kier alpha value is -1.61. The zero-order chi connectivity index (χ0) is 13.4. The van der Waals surface area contributed by atoms with Crippen LogP contribution in [0.15, 0.2) is 53.7 Å². The third kappa shape index (κ3) is 4.34. The van der Waals surface area contributed by atoms with Gasteiger partial charge in [0.15, 0.2) is 0 Å². The van der Waals surface area contributed by atoms with E-state index in [1.807, 2.05) is 63.2 Å². The normalized spacial score (nSPS) is 9.28. The van der Waals surface area contributed by atoms with Gasteiger partial charge in [-0.2, -0.15) is 0 Å². The Bertz CT molecular complexity index is 480. The molecule has 0 spiro atoms. The lowest BCUT2D eigenvalue weighted by Gasteiger charge is -2.00. The molecule has 2 nitrogen and oxygen atoms in total. The molecule has 3 heteroatoms. The van der Waals surface area contributed by atoms with Crippen molar-refractivity contribution in [3.63, 3.8) is 0 Å². The lowest BCUT2D eigenvalue weighted by atomic mass is 10.2. The molecule has 0 amide bonds. The van der Waals surface area contributed by atoms with Crippen LogP contribution in [0.1, 0.15) is 29.8 Å². The van der Waals surface area contributed by atoms with Gasteiger partial charge in [-0.3, -0.25) is 4.79 Å². The molecule has 94 valence electrons. The van der Waals surface area contributed by atoms with Crippen LogP contribution in [0.3, 0.4) is 0 Å². The molecule has 1 aromatic carbocycles. The summed E-state index contributed by atoms with van der Waals surface area (Å²) in [5, 5.41) is 0.756. The smallest absolute Gasteiger partial charge is 0.225 e. The lowest BCUT2D eigenvalue weighted by Crippen LogP contribution is -1.93. The molecule has 0 unspecified atom stereocenters. The molecule has 2 aromatic rings. The zero-order valence-electron chi connectivity index (χ0n) is 10.9. The van der Waals surface area contributed by atoms with Gasteiger partial charge in [0.2, 0.25) is 5.12 Å². The summed E-state index contributed by atoms with van der Waals surface area (Å²) in [6, 6.07) is 13.1. The van der Waals surface area contributed by atoms with Crippen LogP contribution in [0.2, 0.25) is 0 Å². The largest absolute Gasteiger partial charge is 0.281 e. The van der Waals surface area contributed by atoms with Crippen LogP contribution in [0.5, 0.6) is 0 Å². The number of aromatic nitrogens is 1. The Morgan fingerprint density at radius 2 is 1.72 bits per heavy atom. The van der Waals surface area contributed by atoms with E-state index in [0.29, 0.717) is 5.56 Å². The van der Waals surface area contributed by atoms with E-state index < -0.39 is 0 Å². The SMILES string of the molecule is CC.Cc1ccc(C(=O)Sc2ccccn2)cc1. The van der Waals surface area contributed by atoms with E-state index in [2.05, 4.69) is 4.98 Å². The van der Waals surface area contributed by atoms with Gasteiger partial charge in [-0.25, -0.2) is 4.98 Å². The minimum Gasteiger partial charge on any atom is -0.281 e. The topological polar surface area (TPSA) is 30.0 Å². The maximum absolute atomic E-state index is 11.8. The van der Waals surface area contributed by atoms with Crippen LogP contribution in [0.4, 0.5) is 0 Å². The van der Waals surface area contributed by atoms with E-state index in [9.17, 15) is 4.79 Å². The second-order valence-electron chi connectivity index (χ2n) is 3.42. The van der Waals surface area contributed by atoms with Crippen LogP contribution in [0, 0.1) is 6.92 Å². The van der Waals surface area contributed by atoms with Gasteiger partial charge in [0.05, 0.1) is 0 Å². The summed E-state index contributed by atoms with van der Waals surface area (Å²) in [6.07, 6.45) is 1.69. The van der Waals surface area contributed by atoms with Crippen LogP contribution < -0.4 is 0 Å². The van der Waals surface area contributed by atoms with Gasteiger partial charge in [0.1, 0.15) is 5.03 Å². The fourth-order valence-corrected chi connectivity index (χ4v) is 1.96. The third-order valence-electron chi connectivity index (χ3n) is 2.12. The highest BCUT2D eigenvalue weighted by Crippen LogP contribution is 2.20. The zero-order valence-corrected chi connectivity index (χ0v) is 11.7. The lowest BCUT2D eigenvalue weighted by molar-refractivity contribution is 0.108. The van der Waals surface area contributed by atoms with E-state index in [-0.39, 0.29) is 5.12 Å². The molecule has 0 aliphatic rings. The number of carbonyl (C=O) groups is 1. The van der Waals surface area contributed by atoms with E-state index in [1.165, 1.54) is 0 Å². The Kier molecular flexibility index (Phi) is 6.15. The molecule has 0 aliphatic heterocycles. The van der Waals surface area contributed by atoms with Crippen LogP contribution >= 0.6 is 11.8 Å². The first kappa shape index (κ1) is 14.5. The summed E-state index contributed by atoms with van der Waals surface area (Å²) < 4.78 is 0. The quantitative estimate of drug-likeness (QED) is 0.751. The van der Waals surface area contributed by atoms with Crippen molar-refractivity contribution in [1.29, 1.82) is 0 Å². The Morgan fingerprint density at radius 3 is 2.28 bits per heavy atom. The van der Waals surface area contributed by atoms with E-state index in [0.717, 1.165) is 22.4 Å². The molecule has 0 radical (unpaired) electrons. The molecule has 18 heavy (non-hydrogen) atoms. The number of rotatable bonds is 2. The number of nitrogens with zero attached hydrogens (tertiary/aromatic N) is 1. The van der Waals surface area contributed by atoms with Crippen molar-refractivity contribution in [1.82, 2.24) is 4.98 Å². The average Bonchev–Trinajstić information content (AvgIpc) is 2.43. The van der Waals surface area contributed by atoms with Crippen LogP contribution in [-0.2, 0) is 0 Å². The molecule has 2 rings (SSSR count). The number of hydrogen-bond donors (Lipinski definition) is 0. The molecule has 0 atom stereocenters. The summed E-state index contributed by atoms with van der Waals surface area (Å²) in [5.74, 6) is 0. The first-order valence-corrected chi connectivity index (χ1v) is 6.77. The fourth-order valence-electron chi connectivity index (χ4n) is 1.25. The average molecular weight is 259 g/mol. The second kappa shape index (κ2) is 7.67. The van der Waals surface area contributed by atoms with Gasteiger partial charge in [-0.05, 0) is 30.8 Å². The molecule has 0 saturated heterocycles. The summed E-state index contributed by atoms with van der Waals surface area (Å²) in [6.45, 7) is 6.00. The molecule has 1 heterocycles. The van der Waals surface area contributed by atoms with E-state index in [1.54, 1.807) is 6.20 Å². The van der Waals surface area contributed by atoms with Crippen molar-refractivity contribution in [3.05, 3.63) is 59.8 Å². The standard InChI is InChI=1S/C13H11NOS.C2H6/c1-10-5-7-11(8-6-10)13(15)16-12-4-2-3-9-14-12;1-2/h2-9H,1H3;1-2H3. The monoisotopic (exact) mass is 259 g/mol. The number of carbonyl (C=O) groups excluding carboxylic acids is 1. The van der Waals surface area contributed by atoms with Crippen molar-refractivity contribution in [2.75, 3.05) is 0 Å². The number of thioether (sulfide) groups is 1. The molecule has 0 fully saturated rings. The first-order chi connectivity index (χ1) is 8.75. The number of pyridine rings is 1. The number of benzene rings is 1. The summed E-state index contributed by atoms with van der Waals surface area (Å²) >= 11 is 1.15. The Labute approximate surface area is 112 Å². The Balaban J connectivity index is 0.000000771. The van der Waals surface area contributed by atoms with Gasteiger partial charge >= 0.3 is 0 Å². The van der Waals surface area contributed by atoms with Crippen molar-refractivity contribution >= 4 is 16.9 Å². The minimum absolute atomic E-state index is 0.0266. The highest BCUT2D eigenvalue weighted by atomic mass is 32.2. The molecular weight excluding hydrogens is 242 g/mol. The maximum atomic E-state index is 11.8. The van der Waals surface area contributed by atoms with Gasteiger partial charge in [0, 0.05) is 11.8 Å². The van der Waals surface area contributed by atoms with Crippen LogP contribution in [-0.4, -0.2) is 10.1 Å². The van der Waals surface area contributed by atoms with Crippen LogP contribution in [0.25, 0.3) is 0 Å². The highest BCUT2D eigenvalue weighted by Gasteiger charge is 2.07. The third-order valence-corrected chi connectivity index (χ3v) is 2.99. The Morgan fingerprint density at radius 1 is 1.06 bits per heavy atom. The van der Waals surface area contributed by atoms with Crippen molar-refractivity contribution in [2.24, 2.45) is 0 Å². The second-order valence-corrected chi connectivity index (χ2v) is 4.42.